The number of piperidine rings is 1. The van der Waals surface area contributed by atoms with Gasteiger partial charge in [0.1, 0.15) is 23.7 Å². The Morgan fingerprint density at radius 3 is 2.49 bits per heavy atom. The summed E-state index contributed by atoms with van der Waals surface area (Å²) in [5, 5.41) is 5.93. The number of carbonyl (C=O) groups excluding carboxylic acids is 3. The molecule has 5 aromatic rings. The lowest BCUT2D eigenvalue weighted by Gasteiger charge is -2.37. The van der Waals surface area contributed by atoms with E-state index in [0.29, 0.717) is 13.0 Å². The van der Waals surface area contributed by atoms with Gasteiger partial charge in [0.05, 0.1) is 48.8 Å². The number of hydrogen-bond donors (Lipinski definition) is 4. The zero-order chi connectivity index (χ0) is 37.9. The van der Waals surface area contributed by atoms with Gasteiger partial charge in [0.2, 0.25) is 11.8 Å². The van der Waals surface area contributed by atoms with Crippen molar-refractivity contribution in [1.82, 2.24) is 40.4 Å². The minimum Gasteiger partial charge on any atom is -0.453 e. The van der Waals surface area contributed by atoms with E-state index in [1.54, 1.807) is 13.3 Å². The number of hydrogen-bond acceptors (Lipinski definition) is 8. The maximum Gasteiger partial charge on any atom is 0.407 e. The summed E-state index contributed by atoms with van der Waals surface area (Å²) < 4.78 is 9.97. The minimum atomic E-state index is -0.597. The zero-order valence-electron chi connectivity index (χ0n) is 30.9. The number of methoxy groups -OCH3 is 2. The fourth-order valence-electron chi connectivity index (χ4n) is 8.20. The zero-order valence-corrected chi connectivity index (χ0v) is 30.9. The van der Waals surface area contributed by atoms with Crippen molar-refractivity contribution in [3.8, 4) is 23.1 Å². The Bertz CT molecular complexity index is 2240. The molecule has 4 N–H and O–H groups in total. The van der Waals surface area contributed by atoms with Crippen LogP contribution in [0.2, 0.25) is 0 Å². The predicted octanol–water partition coefficient (Wildman–Crippen LogP) is 5.50. The van der Waals surface area contributed by atoms with E-state index in [1.165, 1.54) is 7.11 Å². The Kier molecular flexibility index (Phi) is 10.3. The van der Waals surface area contributed by atoms with Crippen LogP contribution in [0.4, 0.5) is 4.79 Å². The molecule has 3 amide bonds. The standard InChI is InChI=1S/C42H44N8O5/c1-54-25-44-37(29-7-4-3-5-8-29)41(52)49-22-6-9-35(49)39-45-31-19-14-27(23-33(31)46-39)11-10-26-12-15-28(16-13-26)34-24-43-38(47-34)36-21-18-30-17-20-32(40(51)50(30)36)48-42(53)55-2/h3-5,7-8,12-16,19,23-24,30,32,35-37,44H,6,9,17-18,20-22,25H2,1-2H3,(H,43,47)(H,45,46)(H,48,53). The molecule has 8 rings (SSSR count). The van der Waals surface area contributed by atoms with Crippen molar-refractivity contribution in [3.63, 3.8) is 0 Å². The highest BCUT2D eigenvalue weighted by atomic mass is 16.5. The molecule has 5 atom stereocenters. The number of nitrogens with zero attached hydrogens (tertiary/aromatic N) is 4. The summed E-state index contributed by atoms with van der Waals surface area (Å²) in [6.07, 6.45) is 6.08. The molecule has 3 saturated heterocycles. The minimum absolute atomic E-state index is 0.00202. The van der Waals surface area contributed by atoms with Gasteiger partial charge in [-0.25, -0.2) is 14.8 Å². The van der Waals surface area contributed by atoms with Crippen LogP contribution in [0.5, 0.6) is 0 Å². The summed E-state index contributed by atoms with van der Waals surface area (Å²) in [6.45, 7) is 0.923. The highest BCUT2D eigenvalue weighted by Gasteiger charge is 2.45. The third kappa shape index (κ3) is 7.43. The number of amides is 3. The fraction of sp³-hybridized carbons (Fsp3) is 0.357. The number of aromatic amines is 2. The largest absolute Gasteiger partial charge is 0.453 e. The van der Waals surface area contributed by atoms with E-state index in [4.69, 9.17) is 14.5 Å². The second-order valence-electron chi connectivity index (χ2n) is 14.3. The Balaban J connectivity index is 0.935. The molecule has 5 unspecified atom stereocenters. The first kappa shape index (κ1) is 36.0. The van der Waals surface area contributed by atoms with Crippen molar-refractivity contribution in [3.05, 3.63) is 107 Å². The van der Waals surface area contributed by atoms with Gasteiger partial charge in [0.25, 0.3) is 0 Å². The van der Waals surface area contributed by atoms with Crippen LogP contribution in [0.15, 0.2) is 79.0 Å². The Hall–Kier alpha value is -5.97. The molecule has 3 aliphatic heterocycles. The van der Waals surface area contributed by atoms with Crippen LogP contribution in [0.25, 0.3) is 22.3 Å². The maximum atomic E-state index is 13.9. The van der Waals surface area contributed by atoms with Crippen LogP contribution in [-0.2, 0) is 19.1 Å². The van der Waals surface area contributed by atoms with Gasteiger partial charge >= 0.3 is 6.09 Å². The highest BCUT2D eigenvalue weighted by Crippen LogP contribution is 2.40. The maximum absolute atomic E-state index is 13.9. The number of benzene rings is 3. The first-order valence-corrected chi connectivity index (χ1v) is 18.8. The first-order valence-electron chi connectivity index (χ1n) is 18.8. The number of ether oxygens (including phenoxy) is 2. The molecule has 2 aromatic heterocycles. The first-order chi connectivity index (χ1) is 26.9. The van der Waals surface area contributed by atoms with Gasteiger partial charge in [-0.3, -0.25) is 14.9 Å². The van der Waals surface area contributed by atoms with Gasteiger partial charge < -0.3 is 34.6 Å². The number of alkyl carbamates (subject to hydrolysis) is 1. The van der Waals surface area contributed by atoms with Crippen molar-refractivity contribution in [2.24, 2.45) is 0 Å². The number of aromatic nitrogens is 4. The molecule has 3 aliphatic rings. The molecule has 3 fully saturated rings. The molecule has 0 bridgehead atoms. The van der Waals surface area contributed by atoms with E-state index in [-0.39, 0.29) is 36.7 Å². The quantitative estimate of drug-likeness (QED) is 0.114. The normalized spacial score (nSPS) is 21.2. The average Bonchev–Trinajstić information content (AvgIpc) is 4.04. The second-order valence-corrected chi connectivity index (χ2v) is 14.3. The average molecular weight is 741 g/mol. The number of imidazole rings is 2. The monoisotopic (exact) mass is 740 g/mol. The summed E-state index contributed by atoms with van der Waals surface area (Å²) >= 11 is 0. The molecule has 13 heteroatoms. The molecule has 0 aliphatic carbocycles. The lowest BCUT2D eigenvalue weighted by atomic mass is 9.98. The van der Waals surface area contributed by atoms with Crippen molar-refractivity contribution in [2.45, 2.75) is 68.7 Å². The van der Waals surface area contributed by atoms with E-state index in [9.17, 15) is 14.4 Å². The predicted molar refractivity (Wildman–Crippen MR) is 205 cm³/mol. The molecular weight excluding hydrogens is 697 g/mol. The number of likely N-dealkylation sites (tertiary alicyclic amines) is 1. The Morgan fingerprint density at radius 1 is 0.909 bits per heavy atom. The third-order valence-electron chi connectivity index (χ3n) is 10.9. The summed E-state index contributed by atoms with van der Waals surface area (Å²) in [6, 6.07) is 22.4. The Labute approximate surface area is 319 Å². The van der Waals surface area contributed by atoms with Gasteiger partial charge in [0.15, 0.2) is 0 Å². The lowest BCUT2D eigenvalue weighted by molar-refractivity contribution is -0.139. The van der Waals surface area contributed by atoms with E-state index in [1.807, 2.05) is 82.6 Å². The second kappa shape index (κ2) is 15.8. The van der Waals surface area contributed by atoms with Crippen LogP contribution in [0.1, 0.15) is 85.0 Å². The fourth-order valence-corrected chi connectivity index (χ4v) is 8.20. The van der Waals surface area contributed by atoms with Crippen molar-refractivity contribution >= 4 is 28.9 Å². The van der Waals surface area contributed by atoms with Crippen LogP contribution >= 0.6 is 0 Å². The lowest BCUT2D eigenvalue weighted by Crippen LogP contribution is -2.54. The van der Waals surface area contributed by atoms with E-state index < -0.39 is 18.2 Å². The number of nitrogens with one attached hydrogen (secondary N) is 4. The topological polar surface area (TPSA) is 158 Å². The van der Waals surface area contributed by atoms with Crippen LogP contribution in [-0.4, -0.2) is 87.2 Å². The van der Waals surface area contributed by atoms with Crippen LogP contribution in [0, 0.1) is 11.8 Å². The van der Waals surface area contributed by atoms with Crippen LogP contribution in [0.3, 0.4) is 0 Å². The molecule has 282 valence electrons. The van der Waals surface area contributed by atoms with E-state index in [0.717, 1.165) is 82.7 Å². The van der Waals surface area contributed by atoms with Gasteiger partial charge in [0, 0.05) is 30.8 Å². The van der Waals surface area contributed by atoms with Gasteiger partial charge in [-0.2, -0.15) is 0 Å². The van der Waals surface area contributed by atoms with Crippen molar-refractivity contribution < 1.29 is 23.9 Å². The summed E-state index contributed by atoms with van der Waals surface area (Å²) in [5.74, 6) is 8.00. The molecule has 55 heavy (non-hydrogen) atoms. The number of rotatable bonds is 9. The molecule has 5 heterocycles. The van der Waals surface area contributed by atoms with Gasteiger partial charge in [-0.05, 0) is 80.0 Å². The van der Waals surface area contributed by atoms with Gasteiger partial charge in [-0.15, -0.1) is 0 Å². The highest BCUT2D eigenvalue weighted by molar-refractivity contribution is 5.87. The van der Waals surface area contributed by atoms with Crippen molar-refractivity contribution in [2.75, 3.05) is 27.5 Å². The summed E-state index contributed by atoms with van der Waals surface area (Å²) in [7, 11) is 2.90. The molecular formula is C42H44N8O5. The smallest absolute Gasteiger partial charge is 0.407 e. The number of H-pyrrole nitrogens is 2. The molecule has 13 nitrogen and oxygen atoms in total. The molecule has 0 saturated carbocycles. The number of fused-ring (bicyclic) bond motifs is 2. The Morgan fingerprint density at radius 2 is 1.69 bits per heavy atom. The molecule has 0 radical (unpaired) electrons. The van der Waals surface area contributed by atoms with Crippen LogP contribution < -0.4 is 10.6 Å². The SMILES string of the molecule is COCNC(C(=O)N1CCCC1c1nc2ccc(C#Cc3ccc(-c4cnc(C5CCC6CCC(NC(=O)OC)C(=O)N65)[nH]4)cc3)cc2[nH]1)c1ccccc1. The number of carbonyl (C=O) groups is 3. The molecule has 3 aromatic carbocycles. The van der Waals surface area contributed by atoms with Crippen molar-refractivity contribution in [1.29, 1.82) is 0 Å². The van der Waals surface area contributed by atoms with E-state index >= 15 is 0 Å². The third-order valence-corrected chi connectivity index (χ3v) is 10.9. The van der Waals surface area contributed by atoms with Gasteiger partial charge in [-0.1, -0.05) is 54.3 Å². The summed E-state index contributed by atoms with van der Waals surface area (Å²) in [4.78, 5) is 59.4. The summed E-state index contributed by atoms with van der Waals surface area (Å²) in [5.41, 5.74) is 6.14. The van der Waals surface area contributed by atoms with E-state index in [2.05, 4.69) is 37.4 Å². The molecule has 0 spiro atoms.